The van der Waals surface area contributed by atoms with Gasteiger partial charge in [-0.1, -0.05) is 78.3 Å². The largest absolute Gasteiger partial charge is 0.0836 e. The molecule has 0 aromatic heterocycles. The molecule has 0 aliphatic rings. The van der Waals surface area contributed by atoms with Gasteiger partial charge in [0.1, 0.15) is 0 Å². The molecule has 3 aromatic rings. The average molecular weight is 264 g/mol. The van der Waals surface area contributed by atoms with E-state index in [9.17, 15) is 0 Å². The first-order chi connectivity index (χ1) is 9.36. The van der Waals surface area contributed by atoms with Crippen molar-refractivity contribution in [3.8, 4) is 22.3 Å². The van der Waals surface area contributed by atoms with Crippen molar-refractivity contribution < 1.29 is 0 Å². The van der Waals surface area contributed by atoms with Crippen LogP contribution in [0.3, 0.4) is 0 Å². The zero-order chi connectivity index (χ0) is 13.1. The third kappa shape index (κ3) is 2.40. The maximum atomic E-state index is 6.41. The highest BCUT2D eigenvalue weighted by Crippen LogP contribution is 2.37. The van der Waals surface area contributed by atoms with Crippen molar-refractivity contribution in [2.45, 2.75) is 0 Å². The van der Waals surface area contributed by atoms with E-state index >= 15 is 0 Å². The minimum Gasteiger partial charge on any atom is -0.0836 e. The van der Waals surface area contributed by atoms with Gasteiger partial charge in [0.05, 0.1) is 0 Å². The summed E-state index contributed by atoms with van der Waals surface area (Å²) >= 11 is 6.41. The van der Waals surface area contributed by atoms with Crippen LogP contribution < -0.4 is 0 Å². The van der Waals surface area contributed by atoms with E-state index in [-0.39, 0.29) is 0 Å². The Morgan fingerprint density at radius 1 is 0.684 bits per heavy atom. The monoisotopic (exact) mass is 263 g/mol. The van der Waals surface area contributed by atoms with Crippen LogP contribution in [0.15, 0.2) is 72.8 Å². The molecule has 0 saturated heterocycles. The Bertz CT molecular complexity index is 673. The summed E-state index contributed by atoms with van der Waals surface area (Å²) in [4.78, 5) is 0. The standard InChI is InChI=1S/C18H12Cl/c19-17-13-7-12-16(14-8-3-1-4-9-14)18(17)15-10-5-2-6-11-15/h2-13H. The molecule has 3 aromatic carbocycles. The number of hydrogen-bond donors (Lipinski definition) is 0. The molecule has 0 N–H and O–H groups in total. The molecule has 3 rings (SSSR count). The SMILES string of the molecule is Clc1cccc(-c2cc[c]cc2)c1-c1ccccc1. The molecular formula is C18H12Cl. The number of hydrogen-bond acceptors (Lipinski definition) is 0. The van der Waals surface area contributed by atoms with E-state index in [1.54, 1.807) is 0 Å². The summed E-state index contributed by atoms with van der Waals surface area (Å²) in [6.07, 6.45) is 0. The number of halogens is 1. The third-order valence-electron chi connectivity index (χ3n) is 3.11. The van der Waals surface area contributed by atoms with Gasteiger partial charge in [-0.25, -0.2) is 0 Å². The quantitative estimate of drug-likeness (QED) is 0.575. The van der Waals surface area contributed by atoms with Gasteiger partial charge >= 0.3 is 0 Å². The van der Waals surface area contributed by atoms with Gasteiger partial charge in [0.15, 0.2) is 0 Å². The molecule has 0 saturated carbocycles. The smallest absolute Gasteiger partial charge is 0.0490 e. The van der Waals surface area contributed by atoms with Crippen LogP contribution >= 0.6 is 11.6 Å². The van der Waals surface area contributed by atoms with Gasteiger partial charge in [-0.3, -0.25) is 0 Å². The molecule has 0 heterocycles. The number of rotatable bonds is 2. The Morgan fingerprint density at radius 3 is 2.16 bits per heavy atom. The van der Waals surface area contributed by atoms with Crippen molar-refractivity contribution in [2.75, 3.05) is 0 Å². The molecule has 0 spiro atoms. The topological polar surface area (TPSA) is 0 Å². The molecular weight excluding hydrogens is 252 g/mol. The lowest BCUT2D eigenvalue weighted by molar-refractivity contribution is 1.58. The molecule has 0 amide bonds. The molecule has 0 aliphatic heterocycles. The minimum absolute atomic E-state index is 0.775. The predicted molar refractivity (Wildman–Crippen MR) is 81.2 cm³/mol. The summed E-state index contributed by atoms with van der Waals surface area (Å²) in [6.45, 7) is 0. The van der Waals surface area contributed by atoms with E-state index in [0.717, 1.165) is 27.3 Å². The fraction of sp³-hybridized carbons (Fsp3) is 0. The van der Waals surface area contributed by atoms with E-state index in [1.807, 2.05) is 42.5 Å². The van der Waals surface area contributed by atoms with Crippen molar-refractivity contribution >= 4 is 11.6 Å². The van der Waals surface area contributed by atoms with Crippen LogP contribution in [0.5, 0.6) is 0 Å². The van der Waals surface area contributed by atoms with Crippen molar-refractivity contribution in [1.82, 2.24) is 0 Å². The lowest BCUT2D eigenvalue weighted by Gasteiger charge is -2.12. The summed E-state index contributed by atoms with van der Waals surface area (Å²) in [6, 6.07) is 27.3. The van der Waals surface area contributed by atoms with Gasteiger partial charge in [0.25, 0.3) is 0 Å². The summed E-state index contributed by atoms with van der Waals surface area (Å²) in [5.74, 6) is 0. The van der Waals surface area contributed by atoms with E-state index in [0.29, 0.717) is 0 Å². The Kier molecular flexibility index (Phi) is 3.35. The molecule has 0 aliphatic carbocycles. The van der Waals surface area contributed by atoms with Gasteiger partial charge in [-0.05, 0) is 28.8 Å². The molecule has 0 nitrogen and oxygen atoms in total. The molecule has 0 bridgehead atoms. The molecule has 1 radical (unpaired) electrons. The lowest BCUT2D eigenvalue weighted by Crippen LogP contribution is -1.86. The van der Waals surface area contributed by atoms with Gasteiger partial charge < -0.3 is 0 Å². The predicted octanol–water partition coefficient (Wildman–Crippen LogP) is 5.47. The van der Waals surface area contributed by atoms with Crippen LogP contribution in [0.4, 0.5) is 0 Å². The highest BCUT2D eigenvalue weighted by atomic mass is 35.5. The van der Waals surface area contributed by atoms with Crippen LogP contribution in [0.25, 0.3) is 22.3 Å². The highest BCUT2D eigenvalue weighted by molar-refractivity contribution is 6.34. The molecule has 1 heteroatoms. The van der Waals surface area contributed by atoms with E-state index in [1.165, 1.54) is 0 Å². The van der Waals surface area contributed by atoms with Gasteiger partial charge in [-0.2, -0.15) is 0 Å². The summed E-state index contributed by atoms with van der Waals surface area (Å²) in [5.41, 5.74) is 4.51. The maximum absolute atomic E-state index is 6.41. The first kappa shape index (κ1) is 12.0. The Hall–Kier alpha value is -2.05. The van der Waals surface area contributed by atoms with Crippen molar-refractivity contribution in [1.29, 1.82) is 0 Å². The number of benzene rings is 3. The van der Waals surface area contributed by atoms with E-state index in [2.05, 4.69) is 36.4 Å². The van der Waals surface area contributed by atoms with Crippen LogP contribution in [-0.4, -0.2) is 0 Å². The van der Waals surface area contributed by atoms with Crippen molar-refractivity contribution in [3.63, 3.8) is 0 Å². The maximum Gasteiger partial charge on any atom is 0.0490 e. The van der Waals surface area contributed by atoms with Crippen molar-refractivity contribution in [2.24, 2.45) is 0 Å². The lowest BCUT2D eigenvalue weighted by atomic mass is 9.94. The Labute approximate surface area is 118 Å². The minimum atomic E-state index is 0.775. The molecule has 91 valence electrons. The first-order valence-electron chi connectivity index (χ1n) is 6.17. The van der Waals surface area contributed by atoms with Gasteiger partial charge in [0, 0.05) is 10.6 Å². The highest BCUT2D eigenvalue weighted by Gasteiger charge is 2.10. The zero-order valence-corrected chi connectivity index (χ0v) is 11.1. The fourth-order valence-electron chi connectivity index (χ4n) is 2.23. The second-order valence-corrected chi connectivity index (χ2v) is 4.72. The summed E-state index contributed by atoms with van der Waals surface area (Å²) in [7, 11) is 0. The van der Waals surface area contributed by atoms with E-state index < -0.39 is 0 Å². The van der Waals surface area contributed by atoms with Crippen LogP contribution in [0.1, 0.15) is 0 Å². The van der Waals surface area contributed by atoms with Crippen molar-refractivity contribution in [3.05, 3.63) is 83.9 Å². The molecule has 19 heavy (non-hydrogen) atoms. The average Bonchev–Trinajstić information content (AvgIpc) is 2.49. The molecule has 0 fully saturated rings. The van der Waals surface area contributed by atoms with E-state index in [4.69, 9.17) is 11.6 Å². The second-order valence-electron chi connectivity index (χ2n) is 4.32. The zero-order valence-electron chi connectivity index (χ0n) is 10.3. The third-order valence-corrected chi connectivity index (χ3v) is 3.42. The summed E-state index contributed by atoms with van der Waals surface area (Å²) in [5, 5.41) is 0.775. The van der Waals surface area contributed by atoms with Crippen LogP contribution in [-0.2, 0) is 0 Å². The molecule has 0 atom stereocenters. The van der Waals surface area contributed by atoms with Gasteiger partial charge in [-0.15, -0.1) is 0 Å². The van der Waals surface area contributed by atoms with Gasteiger partial charge in [0.2, 0.25) is 0 Å². The Morgan fingerprint density at radius 2 is 1.42 bits per heavy atom. The fourth-order valence-corrected chi connectivity index (χ4v) is 2.51. The first-order valence-corrected chi connectivity index (χ1v) is 6.54. The van der Waals surface area contributed by atoms with Crippen LogP contribution in [0.2, 0.25) is 5.02 Å². The van der Waals surface area contributed by atoms with Crippen LogP contribution in [0, 0.1) is 6.07 Å². The second kappa shape index (κ2) is 5.29. The Balaban J connectivity index is 2.25. The normalized spacial score (nSPS) is 10.4. The molecule has 0 unspecified atom stereocenters. The summed E-state index contributed by atoms with van der Waals surface area (Å²) < 4.78 is 0.